The lowest BCUT2D eigenvalue weighted by molar-refractivity contribution is 0.0947. The van der Waals surface area contributed by atoms with Gasteiger partial charge in [-0.2, -0.15) is 0 Å². The van der Waals surface area contributed by atoms with Gasteiger partial charge in [0.25, 0.3) is 11.8 Å². The van der Waals surface area contributed by atoms with Gasteiger partial charge in [-0.3, -0.25) is 9.59 Å². The molecular weight excluding hydrogens is 356 g/mol. The number of aryl methyl sites for hydroxylation is 1. The Morgan fingerprint density at radius 1 is 1.25 bits per heavy atom. The predicted octanol–water partition coefficient (Wildman–Crippen LogP) is 3.32. The summed E-state index contributed by atoms with van der Waals surface area (Å²) >= 11 is 0. The number of imidazole rings is 1. The third-order valence-corrected chi connectivity index (χ3v) is 4.96. The first-order chi connectivity index (χ1) is 13.5. The first kappa shape index (κ1) is 19.9. The Morgan fingerprint density at radius 3 is 2.82 bits per heavy atom. The normalized spacial score (nSPS) is 13.0. The van der Waals surface area contributed by atoms with E-state index in [4.69, 9.17) is 4.74 Å². The number of methoxy groups -OCH3 is 1. The van der Waals surface area contributed by atoms with Crippen LogP contribution >= 0.6 is 0 Å². The van der Waals surface area contributed by atoms with E-state index in [0.29, 0.717) is 30.2 Å². The van der Waals surface area contributed by atoms with Crippen molar-refractivity contribution < 1.29 is 14.3 Å². The van der Waals surface area contributed by atoms with Crippen molar-refractivity contribution in [2.45, 2.75) is 52.5 Å². The zero-order chi connectivity index (χ0) is 20.1. The number of amides is 2. The summed E-state index contributed by atoms with van der Waals surface area (Å²) in [6.07, 6.45) is 4.64. The lowest BCUT2D eigenvalue weighted by Gasteiger charge is -2.17. The van der Waals surface area contributed by atoms with E-state index in [9.17, 15) is 9.59 Å². The average Bonchev–Trinajstić information content (AvgIpc) is 3.08. The SMILES string of the molecule is CCCCNC(=O)c1nc(C(=O)Nc2cc(C)ccc2OC)n2c1CCCC2. The minimum absolute atomic E-state index is 0.203. The first-order valence-corrected chi connectivity index (χ1v) is 9.88. The third-order valence-electron chi connectivity index (χ3n) is 4.96. The molecule has 2 aromatic rings. The van der Waals surface area contributed by atoms with Gasteiger partial charge >= 0.3 is 0 Å². The zero-order valence-corrected chi connectivity index (χ0v) is 16.8. The first-order valence-electron chi connectivity index (χ1n) is 9.88. The zero-order valence-electron chi connectivity index (χ0n) is 16.8. The highest BCUT2D eigenvalue weighted by atomic mass is 16.5. The molecule has 0 fully saturated rings. The van der Waals surface area contributed by atoms with Crippen molar-refractivity contribution in [1.29, 1.82) is 0 Å². The highest BCUT2D eigenvalue weighted by molar-refractivity contribution is 6.04. The minimum Gasteiger partial charge on any atom is -0.495 e. The summed E-state index contributed by atoms with van der Waals surface area (Å²) in [5.74, 6) is 0.326. The molecule has 7 heteroatoms. The van der Waals surface area contributed by atoms with Crippen LogP contribution in [0.1, 0.15) is 65.0 Å². The van der Waals surface area contributed by atoms with Gasteiger partial charge in [0.05, 0.1) is 18.5 Å². The van der Waals surface area contributed by atoms with E-state index < -0.39 is 0 Å². The Kier molecular flexibility index (Phi) is 6.34. The van der Waals surface area contributed by atoms with Crippen molar-refractivity contribution in [3.63, 3.8) is 0 Å². The van der Waals surface area contributed by atoms with E-state index in [2.05, 4.69) is 22.5 Å². The van der Waals surface area contributed by atoms with Crippen LogP contribution in [0.25, 0.3) is 0 Å². The number of aromatic nitrogens is 2. The van der Waals surface area contributed by atoms with Gasteiger partial charge in [-0.05, 0) is 50.3 Å². The van der Waals surface area contributed by atoms with Crippen LogP contribution in [0.2, 0.25) is 0 Å². The molecule has 150 valence electrons. The van der Waals surface area contributed by atoms with Crippen LogP contribution in [0.15, 0.2) is 18.2 Å². The molecule has 1 aromatic carbocycles. The van der Waals surface area contributed by atoms with E-state index in [0.717, 1.165) is 43.4 Å². The number of carbonyl (C=O) groups is 2. The Balaban J connectivity index is 1.88. The van der Waals surface area contributed by atoms with E-state index in [1.165, 1.54) is 0 Å². The van der Waals surface area contributed by atoms with E-state index >= 15 is 0 Å². The molecule has 0 bridgehead atoms. The fourth-order valence-electron chi connectivity index (χ4n) is 3.46. The molecule has 0 unspecified atom stereocenters. The smallest absolute Gasteiger partial charge is 0.291 e. The monoisotopic (exact) mass is 384 g/mol. The summed E-state index contributed by atoms with van der Waals surface area (Å²) in [5, 5.41) is 5.81. The quantitative estimate of drug-likeness (QED) is 0.717. The second-order valence-corrected chi connectivity index (χ2v) is 7.11. The number of hydrogen-bond acceptors (Lipinski definition) is 4. The molecule has 0 atom stereocenters. The molecule has 2 N–H and O–H groups in total. The molecule has 1 aliphatic rings. The lowest BCUT2D eigenvalue weighted by atomic mass is 10.1. The molecule has 7 nitrogen and oxygen atoms in total. The number of nitrogens with one attached hydrogen (secondary N) is 2. The van der Waals surface area contributed by atoms with Gasteiger partial charge in [0.1, 0.15) is 11.4 Å². The highest BCUT2D eigenvalue weighted by Gasteiger charge is 2.27. The maximum atomic E-state index is 13.0. The number of unbranched alkanes of at least 4 members (excludes halogenated alkanes) is 1. The van der Waals surface area contributed by atoms with Crippen LogP contribution in [-0.4, -0.2) is 35.0 Å². The number of anilines is 1. The molecule has 0 radical (unpaired) electrons. The van der Waals surface area contributed by atoms with Crippen LogP contribution < -0.4 is 15.4 Å². The number of nitrogens with zero attached hydrogens (tertiary/aromatic N) is 2. The fourth-order valence-corrected chi connectivity index (χ4v) is 3.46. The largest absolute Gasteiger partial charge is 0.495 e. The molecule has 0 spiro atoms. The van der Waals surface area contributed by atoms with Crippen molar-refractivity contribution in [1.82, 2.24) is 14.9 Å². The second kappa shape index (κ2) is 8.91. The van der Waals surface area contributed by atoms with E-state index in [1.54, 1.807) is 7.11 Å². The van der Waals surface area contributed by atoms with Crippen LogP contribution in [0.4, 0.5) is 5.69 Å². The topological polar surface area (TPSA) is 85.2 Å². The van der Waals surface area contributed by atoms with E-state index in [1.807, 2.05) is 29.7 Å². The minimum atomic E-state index is -0.334. The van der Waals surface area contributed by atoms with E-state index in [-0.39, 0.29) is 17.6 Å². The van der Waals surface area contributed by atoms with Crippen molar-refractivity contribution in [2.75, 3.05) is 19.0 Å². The van der Waals surface area contributed by atoms with Gasteiger partial charge in [0.15, 0.2) is 5.82 Å². The molecule has 28 heavy (non-hydrogen) atoms. The maximum Gasteiger partial charge on any atom is 0.291 e. The van der Waals surface area contributed by atoms with Gasteiger partial charge in [-0.25, -0.2) is 4.98 Å². The third kappa shape index (κ3) is 4.18. The summed E-state index contributed by atoms with van der Waals surface area (Å²) in [6.45, 7) is 5.33. The molecule has 0 saturated heterocycles. The molecule has 1 aliphatic heterocycles. The van der Waals surface area contributed by atoms with Gasteiger partial charge in [0.2, 0.25) is 0 Å². The van der Waals surface area contributed by atoms with Gasteiger partial charge in [-0.1, -0.05) is 19.4 Å². The number of benzene rings is 1. The van der Waals surface area contributed by atoms with Crippen LogP contribution in [0.3, 0.4) is 0 Å². The van der Waals surface area contributed by atoms with Crippen molar-refractivity contribution >= 4 is 17.5 Å². The molecule has 1 aromatic heterocycles. The second-order valence-electron chi connectivity index (χ2n) is 7.11. The number of hydrogen-bond donors (Lipinski definition) is 2. The summed E-state index contributed by atoms with van der Waals surface area (Å²) in [4.78, 5) is 30.0. The van der Waals surface area contributed by atoms with Crippen molar-refractivity contribution in [2.24, 2.45) is 0 Å². The van der Waals surface area contributed by atoms with Gasteiger partial charge in [-0.15, -0.1) is 0 Å². The number of ether oxygens (including phenoxy) is 1. The van der Waals surface area contributed by atoms with Crippen molar-refractivity contribution in [3.05, 3.63) is 41.0 Å². The Bertz CT molecular complexity index is 873. The van der Waals surface area contributed by atoms with Crippen LogP contribution in [0.5, 0.6) is 5.75 Å². The molecule has 0 aliphatic carbocycles. The van der Waals surface area contributed by atoms with Crippen molar-refractivity contribution in [3.8, 4) is 5.75 Å². The Morgan fingerprint density at radius 2 is 2.07 bits per heavy atom. The molecule has 2 heterocycles. The summed E-state index contributed by atoms with van der Waals surface area (Å²) in [5.41, 5.74) is 2.82. The molecule has 2 amide bonds. The molecule has 3 rings (SSSR count). The summed E-state index contributed by atoms with van der Waals surface area (Å²) in [6, 6.07) is 5.60. The van der Waals surface area contributed by atoms with Crippen LogP contribution in [0, 0.1) is 6.92 Å². The van der Waals surface area contributed by atoms with Gasteiger partial charge in [0, 0.05) is 13.1 Å². The fraction of sp³-hybridized carbons (Fsp3) is 0.476. The number of carbonyl (C=O) groups excluding carboxylic acids is 2. The molecular formula is C21H28N4O3. The average molecular weight is 384 g/mol. The van der Waals surface area contributed by atoms with Gasteiger partial charge < -0.3 is 19.9 Å². The van der Waals surface area contributed by atoms with Crippen LogP contribution in [-0.2, 0) is 13.0 Å². The standard InChI is InChI=1S/C21H28N4O3/c1-4-5-11-22-20(26)18-16-8-6-7-12-25(16)19(24-18)21(27)23-15-13-14(2)9-10-17(15)28-3/h9-10,13H,4-8,11-12H2,1-3H3,(H,22,26)(H,23,27). The molecule has 0 saturated carbocycles. The number of fused-ring (bicyclic) bond motifs is 1. The Labute approximate surface area is 165 Å². The summed E-state index contributed by atoms with van der Waals surface area (Å²) < 4.78 is 7.23. The lowest BCUT2D eigenvalue weighted by Crippen LogP contribution is -2.26. The number of rotatable bonds is 7. The predicted molar refractivity (Wildman–Crippen MR) is 108 cm³/mol. The maximum absolute atomic E-state index is 13.0. The Hall–Kier alpha value is -2.83. The highest BCUT2D eigenvalue weighted by Crippen LogP contribution is 2.27. The summed E-state index contributed by atoms with van der Waals surface area (Å²) in [7, 11) is 1.57.